The fourth-order valence-corrected chi connectivity index (χ4v) is 1.71. The molecule has 0 aliphatic carbocycles. The molecule has 2 N–H and O–H groups in total. The zero-order chi connectivity index (χ0) is 16.2. The van der Waals surface area contributed by atoms with E-state index in [1.807, 2.05) is 20.8 Å². The summed E-state index contributed by atoms with van der Waals surface area (Å²) < 4.78 is 4.66. The van der Waals surface area contributed by atoms with Crippen molar-refractivity contribution in [2.24, 2.45) is 0 Å². The summed E-state index contributed by atoms with van der Waals surface area (Å²) in [5, 5.41) is 14.1. The quantitative estimate of drug-likeness (QED) is 0.839. The number of aromatic nitrogens is 3. The predicted octanol–water partition coefficient (Wildman–Crippen LogP) is 2.61. The second-order valence-electron chi connectivity index (χ2n) is 5.73. The lowest BCUT2D eigenvalue weighted by molar-refractivity contribution is 0.0601. The number of nitrogens with zero attached hydrogens (tertiary/aromatic N) is 3. The Labute approximate surface area is 129 Å². The highest BCUT2D eigenvalue weighted by Crippen LogP contribution is 2.17. The molecular weight excluding hydrogens is 282 g/mol. The van der Waals surface area contributed by atoms with E-state index in [9.17, 15) is 4.79 Å². The third kappa shape index (κ3) is 4.41. The van der Waals surface area contributed by atoms with Gasteiger partial charge in [0.15, 0.2) is 5.82 Å². The van der Waals surface area contributed by atoms with Gasteiger partial charge in [-0.2, -0.15) is 10.1 Å². The zero-order valence-electron chi connectivity index (χ0n) is 13.0. The van der Waals surface area contributed by atoms with Crippen molar-refractivity contribution in [3.8, 4) is 0 Å². The van der Waals surface area contributed by atoms with E-state index in [1.54, 1.807) is 24.3 Å². The molecule has 0 saturated heterocycles. The van der Waals surface area contributed by atoms with Crippen molar-refractivity contribution in [2.75, 3.05) is 17.7 Å². The molecule has 22 heavy (non-hydrogen) atoms. The summed E-state index contributed by atoms with van der Waals surface area (Å²) in [5.74, 6) is 0.642. The molecule has 1 aromatic heterocycles. The highest BCUT2D eigenvalue weighted by Gasteiger charge is 2.12. The first-order chi connectivity index (χ1) is 10.4. The van der Waals surface area contributed by atoms with E-state index in [-0.39, 0.29) is 11.5 Å². The molecule has 7 nitrogen and oxygen atoms in total. The Balaban J connectivity index is 2.10. The molecule has 0 amide bonds. The molecule has 0 unspecified atom stereocenters. The number of carbonyl (C=O) groups excluding carboxylic acids is 1. The molecule has 1 aromatic carbocycles. The second-order valence-corrected chi connectivity index (χ2v) is 5.73. The van der Waals surface area contributed by atoms with Crippen LogP contribution >= 0.6 is 0 Å². The van der Waals surface area contributed by atoms with Gasteiger partial charge in [0.1, 0.15) is 0 Å². The number of carbonyl (C=O) groups is 1. The largest absolute Gasteiger partial charge is 0.465 e. The highest BCUT2D eigenvalue weighted by atomic mass is 16.5. The van der Waals surface area contributed by atoms with E-state index < -0.39 is 0 Å². The Kier molecular flexibility index (Phi) is 4.55. The average molecular weight is 301 g/mol. The first-order valence-corrected chi connectivity index (χ1v) is 6.81. The van der Waals surface area contributed by atoms with Crippen LogP contribution in [0.25, 0.3) is 0 Å². The monoisotopic (exact) mass is 301 g/mol. The summed E-state index contributed by atoms with van der Waals surface area (Å²) in [4.78, 5) is 15.7. The van der Waals surface area contributed by atoms with Crippen molar-refractivity contribution >= 4 is 23.4 Å². The summed E-state index contributed by atoms with van der Waals surface area (Å²) in [6, 6.07) is 6.89. The number of ether oxygens (including phenoxy) is 1. The van der Waals surface area contributed by atoms with Crippen molar-refractivity contribution in [2.45, 2.75) is 26.3 Å². The van der Waals surface area contributed by atoms with Gasteiger partial charge in [-0.05, 0) is 45.0 Å². The van der Waals surface area contributed by atoms with Gasteiger partial charge in [0.05, 0.1) is 18.9 Å². The van der Waals surface area contributed by atoms with Crippen LogP contribution in [0.4, 0.5) is 17.5 Å². The second kappa shape index (κ2) is 6.38. The van der Waals surface area contributed by atoms with E-state index in [2.05, 4.69) is 30.6 Å². The van der Waals surface area contributed by atoms with Gasteiger partial charge in [-0.15, -0.1) is 5.10 Å². The summed E-state index contributed by atoms with van der Waals surface area (Å²) >= 11 is 0. The first-order valence-electron chi connectivity index (χ1n) is 6.81. The van der Waals surface area contributed by atoms with Crippen LogP contribution in [-0.4, -0.2) is 33.8 Å². The molecule has 7 heteroatoms. The van der Waals surface area contributed by atoms with E-state index in [1.165, 1.54) is 13.3 Å². The summed E-state index contributed by atoms with van der Waals surface area (Å²) in [5.41, 5.74) is 1.13. The third-order valence-electron chi connectivity index (χ3n) is 2.62. The van der Waals surface area contributed by atoms with Crippen LogP contribution in [0.3, 0.4) is 0 Å². The number of esters is 1. The lowest BCUT2D eigenvalue weighted by Crippen LogP contribution is -2.27. The molecule has 116 valence electrons. The Bertz CT molecular complexity index is 650. The maximum Gasteiger partial charge on any atom is 0.337 e. The van der Waals surface area contributed by atoms with Crippen LogP contribution in [0.1, 0.15) is 31.1 Å². The number of benzene rings is 1. The third-order valence-corrected chi connectivity index (χ3v) is 2.62. The average Bonchev–Trinajstić information content (AvgIpc) is 2.46. The van der Waals surface area contributed by atoms with Gasteiger partial charge < -0.3 is 15.4 Å². The van der Waals surface area contributed by atoms with Crippen molar-refractivity contribution in [3.05, 3.63) is 36.0 Å². The molecule has 2 rings (SSSR count). The number of hydrogen-bond acceptors (Lipinski definition) is 7. The minimum absolute atomic E-state index is 0.150. The molecule has 0 saturated carbocycles. The predicted molar refractivity (Wildman–Crippen MR) is 84.3 cm³/mol. The molecule has 0 bridgehead atoms. The maximum absolute atomic E-state index is 11.4. The fraction of sp³-hybridized carbons (Fsp3) is 0.333. The van der Waals surface area contributed by atoms with Crippen molar-refractivity contribution in [3.63, 3.8) is 0 Å². The summed E-state index contributed by atoms with van der Waals surface area (Å²) in [6.07, 6.45) is 1.53. The smallest absolute Gasteiger partial charge is 0.337 e. The van der Waals surface area contributed by atoms with Crippen LogP contribution in [0.2, 0.25) is 0 Å². The lowest BCUT2D eigenvalue weighted by Gasteiger charge is -2.20. The minimum atomic E-state index is -0.369. The molecule has 0 atom stereocenters. The van der Waals surface area contributed by atoms with Crippen molar-refractivity contribution in [1.29, 1.82) is 0 Å². The van der Waals surface area contributed by atoms with Gasteiger partial charge in [-0.25, -0.2) is 4.79 Å². The van der Waals surface area contributed by atoms with Gasteiger partial charge in [0, 0.05) is 11.2 Å². The number of methoxy groups -OCH3 is 1. The summed E-state index contributed by atoms with van der Waals surface area (Å²) in [7, 11) is 1.35. The lowest BCUT2D eigenvalue weighted by atomic mass is 10.1. The number of rotatable bonds is 4. The minimum Gasteiger partial charge on any atom is -0.465 e. The maximum atomic E-state index is 11.4. The molecule has 0 spiro atoms. The normalized spacial score (nSPS) is 10.9. The SMILES string of the molecule is COC(=O)c1ccc(Nc2cnnc(NC(C)(C)C)n2)cc1. The molecule has 0 radical (unpaired) electrons. The first kappa shape index (κ1) is 15.7. The number of nitrogens with one attached hydrogen (secondary N) is 2. The highest BCUT2D eigenvalue weighted by molar-refractivity contribution is 5.89. The molecule has 1 heterocycles. The van der Waals surface area contributed by atoms with E-state index in [0.717, 1.165) is 5.69 Å². The zero-order valence-corrected chi connectivity index (χ0v) is 13.0. The Morgan fingerprint density at radius 1 is 1.18 bits per heavy atom. The van der Waals surface area contributed by atoms with Crippen LogP contribution in [0.5, 0.6) is 0 Å². The molecule has 2 aromatic rings. The van der Waals surface area contributed by atoms with Crippen molar-refractivity contribution < 1.29 is 9.53 Å². The van der Waals surface area contributed by atoms with Crippen LogP contribution < -0.4 is 10.6 Å². The molecule has 0 fully saturated rings. The van der Waals surface area contributed by atoms with E-state index in [0.29, 0.717) is 17.3 Å². The molecular formula is C15H19N5O2. The van der Waals surface area contributed by atoms with Gasteiger partial charge in [-0.3, -0.25) is 0 Å². The van der Waals surface area contributed by atoms with Crippen molar-refractivity contribution in [1.82, 2.24) is 15.2 Å². The van der Waals surface area contributed by atoms with Gasteiger partial charge >= 0.3 is 5.97 Å². The Morgan fingerprint density at radius 2 is 1.86 bits per heavy atom. The molecule has 0 aliphatic heterocycles. The van der Waals surface area contributed by atoms with Crippen LogP contribution in [-0.2, 0) is 4.74 Å². The standard InChI is InChI=1S/C15H19N5O2/c1-15(2,3)19-14-18-12(9-16-20-14)17-11-7-5-10(6-8-11)13(21)22-4/h5-9H,1-4H3,(H2,17,18,19,20). The Morgan fingerprint density at radius 3 is 2.45 bits per heavy atom. The van der Waals surface area contributed by atoms with Crippen LogP contribution in [0.15, 0.2) is 30.5 Å². The summed E-state index contributed by atoms with van der Waals surface area (Å²) in [6.45, 7) is 6.05. The van der Waals surface area contributed by atoms with Crippen LogP contribution in [0, 0.1) is 0 Å². The van der Waals surface area contributed by atoms with Gasteiger partial charge in [-0.1, -0.05) is 0 Å². The number of anilines is 3. The van der Waals surface area contributed by atoms with E-state index in [4.69, 9.17) is 0 Å². The number of hydrogen-bond donors (Lipinski definition) is 2. The Hall–Kier alpha value is -2.70. The van der Waals surface area contributed by atoms with Gasteiger partial charge in [0.2, 0.25) is 5.95 Å². The fourth-order valence-electron chi connectivity index (χ4n) is 1.71. The topological polar surface area (TPSA) is 89.0 Å². The van der Waals surface area contributed by atoms with Gasteiger partial charge in [0.25, 0.3) is 0 Å². The molecule has 0 aliphatic rings. The van der Waals surface area contributed by atoms with E-state index >= 15 is 0 Å².